The summed E-state index contributed by atoms with van der Waals surface area (Å²) >= 11 is 3.54. The van der Waals surface area contributed by atoms with Crippen LogP contribution >= 0.6 is 15.9 Å². The molecule has 4 heteroatoms. The molecule has 0 atom stereocenters. The van der Waals surface area contributed by atoms with Crippen LogP contribution in [0.3, 0.4) is 0 Å². The number of anilines is 1. The monoisotopic (exact) mass is 339 g/mol. The largest absolute Gasteiger partial charge is 0.356 e. The van der Waals surface area contributed by atoms with E-state index in [4.69, 9.17) is 0 Å². The summed E-state index contributed by atoms with van der Waals surface area (Å²) < 4.78 is 1.06. The SMILES string of the molecule is CCCNCc1cc(Br)cnc1N1CCC(C)(C)CC1. The minimum Gasteiger partial charge on any atom is -0.356 e. The molecule has 1 aromatic rings. The van der Waals surface area contributed by atoms with Gasteiger partial charge in [0.2, 0.25) is 0 Å². The minimum atomic E-state index is 0.479. The van der Waals surface area contributed by atoms with Crippen molar-refractivity contribution in [2.75, 3.05) is 24.5 Å². The normalized spacial score (nSPS) is 18.3. The Kier molecular flexibility index (Phi) is 5.44. The van der Waals surface area contributed by atoms with Crippen molar-refractivity contribution in [3.05, 3.63) is 22.3 Å². The lowest BCUT2D eigenvalue weighted by atomic mass is 9.82. The zero-order valence-corrected chi connectivity index (χ0v) is 14.5. The molecule has 0 unspecified atom stereocenters. The van der Waals surface area contributed by atoms with Gasteiger partial charge in [-0.1, -0.05) is 20.8 Å². The molecule has 1 fully saturated rings. The average molecular weight is 340 g/mol. The van der Waals surface area contributed by atoms with Crippen LogP contribution in [0, 0.1) is 5.41 Å². The van der Waals surface area contributed by atoms with Crippen molar-refractivity contribution in [3.8, 4) is 0 Å². The highest BCUT2D eigenvalue weighted by atomic mass is 79.9. The number of halogens is 1. The van der Waals surface area contributed by atoms with Crippen molar-refractivity contribution in [1.29, 1.82) is 0 Å². The topological polar surface area (TPSA) is 28.2 Å². The van der Waals surface area contributed by atoms with Crippen molar-refractivity contribution in [3.63, 3.8) is 0 Å². The molecule has 1 saturated heterocycles. The summed E-state index contributed by atoms with van der Waals surface area (Å²) in [4.78, 5) is 7.11. The van der Waals surface area contributed by atoms with Crippen molar-refractivity contribution < 1.29 is 0 Å². The summed E-state index contributed by atoms with van der Waals surface area (Å²) in [7, 11) is 0. The summed E-state index contributed by atoms with van der Waals surface area (Å²) in [5.74, 6) is 1.16. The Morgan fingerprint density at radius 1 is 1.35 bits per heavy atom. The summed E-state index contributed by atoms with van der Waals surface area (Å²) in [6.07, 6.45) is 5.56. The standard InChI is InChI=1S/C16H26BrN3/c1-4-7-18-11-13-10-14(17)12-19-15(13)20-8-5-16(2,3)6-9-20/h10,12,18H,4-9,11H2,1-3H3. The molecule has 0 aromatic carbocycles. The Labute approximate surface area is 131 Å². The Morgan fingerprint density at radius 2 is 2.05 bits per heavy atom. The van der Waals surface area contributed by atoms with E-state index in [2.05, 4.69) is 58.0 Å². The maximum atomic E-state index is 4.67. The highest BCUT2D eigenvalue weighted by molar-refractivity contribution is 9.10. The van der Waals surface area contributed by atoms with Crippen LogP contribution in [-0.4, -0.2) is 24.6 Å². The average Bonchev–Trinajstić information content (AvgIpc) is 2.40. The van der Waals surface area contributed by atoms with E-state index in [-0.39, 0.29) is 0 Å². The van der Waals surface area contributed by atoms with Crippen LogP contribution in [0.25, 0.3) is 0 Å². The molecule has 1 N–H and O–H groups in total. The van der Waals surface area contributed by atoms with Crippen LogP contribution in [0.15, 0.2) is 16.7 Å². The van der Waals surface area contributed by atoms with Crippen LogP contribution in [0.1, 0.15) is 45.6 Å². The van der Waals surface area contributed by atoms with E-state index < -0.39 is 0 Å². The molecule has 0 spiro atoms. The number of aromatic nitrogens is 1. The summed E-state index contributed by atoms with van der Waals surface area (Å²) in [6, 6.07) is 2.20. The molecule has 0 aliphatic carbocycles. The maximum absolute atomic E-state index is 4.67. The summed E-state index contributed by atoms with van der Waals surface area (Å²) in [5.41, 5.74) is 1.78. The zero-order chi connectivity index (χ0) is 14.6. The first-order valence-electron chi connectivity index (χ1n) is 7.62. The second-order valence-corrected chi connectivity index (χ2v) is 7.38. The number of hydrogen-bond donors (Lipinski definition) is 1. The van der Waals surface area contributed by atoms with Crippen LogP contribution in [0.5, 0.6) is 0 Å². The van der Waals surface area contributed by atoms with Gasteiger partial charge in [0.15, 0.2) is 0 Å². The van der Waals surface area contributed by atoms with Crippen molar-refractivity contribution in [2.24, 2.45) is 5.41 Å². The van der Waals surface area contributed by atoms with Gasteiger partial charge in [-0.3, -0.25) is 0 Å². The van der Waals surface area contributed by atoms with Crippen LogP contribution in [-0.2, 0) is 6.54 Å². The number of piperidine rings is 1. The smallest absolute Gasteiger partial charge is 0.133 e. The molecular weight excluding hydrogens is 314 g/mol. The maximum Gasteiger partial charge on any atom is 0.133 e. The lowest BCUT2D eigenvalue weighted by Gasteiger charge is -2.38. The molecular formula is C16H26BrN3. The van der Waals surface area contributed by atoms with Crippen molar-refractivity contribution >= 4 is 21.7 Å². The van der Waals surface area contributed by atoms with E-state index in [0.29, 0.717) is 5.41 Å². The molecule has 1 aliphatic heterocycles. The molecule has 0 bridgehead atoms. The minimum absolute atomic E-state index is 0.479. The van der Waals surface area contributed by atoms with Crippen molar-refractivity contribution in [1.82, 2.24) is 10.3 Å². The molecule has 20 heavy (non-hydrogen) atoms. The predicted octanol–water partition coefficient (Wildman–Crippen LogP) is 3.97. The zero-order valence-electron chi connectivity index (χ0n) is 12.9. The Bertz CT molecular complexity index is 435. The lowest BCUT2D eigenvalue weighted by molar-refractivity contribution is 0.279. The summed E-state index contributed by atoms with van der Waals surface area (Å²) in [5, 5.41) is 3.49. The Hall–Kier alpha value is -0.610. The van der Waals surface area contributed by atoms with E-state index in [1.807, 2.05) is 6.20 Å². The Morgan fingerprint density at radius 3 is 2.70 bits per heavy atom. The van der Waals surface area contributed by atoms with Gasteiger partial charge in [-0.05, 0) is 53.2 Å². The first kappa shape index (κ1) is 15.8. The van der Waals surface area contributed by atoms with Gasteiger partial charge < -0.3 is 10.2 Å². The molecule has 2 rings (SSSR count). The lowest BCUT2D eigenvalue weighted by Crippen LogP contribution is -2.38. The number of pyridine rings is 1. The number of nitrogens with zero attached hydrogens (tertiary/aromatic N) is 2. The second-order valence-electron chi connectivity index (χ2n) is 6.46. The van der Waals surface area contributed by atoms with E-state index in [9.17, 15) is 0 Å². The van der Waals surface area contributed by atoms with Gasteiger partial charge in [0.05, 0.1) is 0 Å². The third-order valence-electron chi connectivity index (χ3n) is 4.07. The van der Waals surface area contributed by atoms with Crippen LogP contribution in [0.2, 0.25) is 0 Å². The molecule has 1 aromatic heterocycles. The quantitative estimate of drug-likeness (QED) is 0.822. The molecule has 3 nitrogen and oxygen atoms in total. The highest BCUT2D eigenvalue weighted by Gasteiger charge is 2.26. The molecule has 1 aliphatic rings. The molecule has 0 radical (unpaired) electrons. The molecule has 0 amide bonds. The van der Waals surface area contributed by atoms with Crippen LogP contribution in [0.4, 0.5) is 5.82 Å². The highest BCUT2D eigenvalue weighted by Crippen LogP contribution is 2.33. The first-order chi connectivity index (χ1) is 9.52. The number of rotatable bonds is 5. The predicted molar refractivity (Wildman–Crippen MR) is 89.2 cm³/mol. The second kappa shape index (κ2) is 6.90. The van der Waals surface area contributed by atoms with E-state index in [0.717, 1.165) is 42.9 Å². The fraction of sp³-hybridized carbons (Fsp3) is 0.688. The van der Waals surface area contributed by atoms with Crippen molar-refractivity contribution in [2.45, 2.75) is 46.6 Å². The fourth-order valence-electron chi connectivity index (χ4n) is 2.61. The van der Waals surface area contributed by atoms with E-state index in [1.165, 1.54) is 18.4 Å². The molecule has 0 saturated carbocycles. The van der Waals surface area contributed by atoms with Crippen LogP contribution < -0.4 is 10.2 Å². The van der Waals surface area contributed by atoms with Gasteiger partial charge in [0.1, 0.15) is 5.82 Å². The molecule has 2 heterocycles. The van der Waals surface area contributed by atoms with Gasteiger partial charge >= 0.3 is 0 Å². The third kappa shape index (κ3) is 4.19. The van der Waals surface area contributed by atoms with E-state index >= 15 is 0 Å². The number of hydrogen-bond acceptors (Lipinski definition) is 3. The van der Waals surface area contributed by atoms with Gasteiger partial charge in [0, 0.05) is 35.9 Å². The fourth-order valence-corrected chi connectivity index (χ4v) is 2.99. The Balaban J connectivity index is 2.10. The molecule has 112 valence electrons. The van der Waals surface area contributed by atoms with Gasteiger partial charge in [0.25, 0.3) is 0 Å². The first-order valence-corrected chi connectivity index (χ1v) is 8.41. The number of nitrogens with one attached hydrogen (secondary N) is 1. The summed E-state index contributed by atoms with van der Waals surface area (Å²) in [6.45, 7) is 11.1. The third-order valence-corrected chi connectivity index (χ3v) is 4.50. The van der Waals surface area contributed by atoms with Gasteiger partial charge in [-0.2, -0.15) is 0 Å². The van der Waals surface area contributed by atoms with E-state index in [1.54, 1.807) is 0 Å². The van der Waals surface area contributed by atoms with Gasteiger partial charge in [-0.15, -0.1) is 0 Å². The van der Waals surface area contributed by atoms with Gasteiger partial charge in [-0.25, -0.2) is 4.98 Å².